The number of hydrogen-bond donors (Lipinski definition) is 1. The van der Waals surface area contributed by atoms with Gasteiger partial charge in [-0.25, -0.2) is 9.97 Å². The van der Waals surface area contributed by atoms with Gasteiger partial charge in [0.1, 0.15) is 11.9 Å². The number of nitrogens with zero attached hydrogens (tertiary/aromatic N) is 2. The zero-order valence-electron chi connectivity index (χ0n) is 12.2. The molecule has 0 aromatic carbocycles. The van der Waals surface area contributed by atoms with Crippen LogP contribution in [0.4, 0.5) is 0 Å². The molecule has 1 aliphatic carbocycles. The van der Waals surface area contributed by atoms with E-state index in [1.54, 1.807) is 0 Å². The molecule has 2 aliphatic rings. The molecule has 1 saturated carbocycles. The predicted octanol–water partition coefficient (Wildman–Crippen LogP) is 3.05. The maximum Gasteiger partial charge on any atom is 0.156 e. The number of aromatic nitrogens is 2. The monoisotopic (exact) mass is 275 g/mol. The summed E-state index contributed by atoms with van der Waals surface area (Å²) in [6, 6.07) is 0. The summed E-state index contributed by atoms with van der Waals surface area (Å²) in [5.74, 6) is 2.40. The van der Waals surface area contributed by atoms with E-state index < -0.39 is 0 Å². The molecule has 0 bridgehead atoms. The maximum absolute atomic E-state index is 5.99. The fourth-order valence-corrected chi connectivity index (χ4v) is 3.24. The summed E-state index contributed by atoms with van der Waals surface area (Å²) in [7, 11) is 0. The third-order valence-corrected chi connectivity index (χ3v) is 4.42. The van der Waals surface area contributed by atoms with E-state index >= 15 is 0 Å². The largest absolute Gasteiger partial charge is 0.486 e. The smallest absolute Gasteiger partial charge is 0.156 e. The fraction of sp³-hybridized carbons (Fsp3) is 0.750. The van der Waals surface area contributed by atoms with E-state index in [0.29, 0.717) is 5.92 Å². The second-order valence-corrected chi connectivity index (χ2v) is 6.05. The van der Waals surface area contributed by atoms with Crippen LogP contribution in [0.3, 0.4) is 0 Å². The third-order valence-electron chi connectivity index (χ3n) is 4.42. The van der Waals surface area contributed by atoms with Crippen LogP contribution in [0.15, 0.2) is 12.4 Å². The van der Waals surface area contributed by atoms with Crippen LogP contribution in [0.2, 0.25) is 0 Å². The first-order valence-corrected chi connectivity index (χ1v) is 8.11. The van der Waals surface area contributed by atoms with Gasteiger partial charge in [-0.2, -0.15) is 0 Å². The Kier molecular flexibility index (Phi) is 4.85. The van der Waals surface area contributed by atoms with Crippen LogP contribution in [0.5, 0.6) is 5.75 Å². The predicted molar refractivity (Wildman–Crippen MR) is 79.0 cm³/mol. The van der Waals surface area contributed by atoms with Crippen LogP contribution in [0, 0.1) is 0 Å². The fourth-order valence-electron chi connectivity index (χ4n) is 3.24. The molecule has 0 spiro atoms. The normalized spacial score (nSPS) is 25.1. The first kappa shape index (κ1) is 13.8. The van der Waals surface area contributed by atoms with E-state index in [4.69, 9.17) is 4.74 Å². The summed E-state index contributed by atoms with van der Waals surface area (Å²) in [5, 5.41) is 3.41. The standard InChI is InChI=1S/C16H25N3O/c1-2-6-13(7-3-1)16-18-11-15(12-19-16)20-14-8-4-5-9-17-10-14/h11-14,17H,1-10H2. The lowest BCUT2D eigenvalue weighted by molar-refractivity contribution is 0.192. The van der Waals surface area contributed by atoms with Crippen molar-refractivity contribution in [2.45, 2.75) is 63.4 Å². The van der Waals surface area contributed by atoms with E-state index in [0.717, 1.165) is 31.1 Å². The molecule has 110 valence electrons. The number of ether oxygens (including phenoxy) is 1. The quantitative estimate of drug-likeness (QED) is 0.921. The van der Waals surface area contributed by atoms with Crippen molar-refractivity contribution in [2.24, 2.45) is 0 Å². The summed E-state index contributed by atoms with van der Waals surface area (Å²) in [6.07, 6.45) is 14.1. The first-order valence-electron chi connectivity index (χ1n) is 8.11. The molecule has 1 saturated heterocycles. The highest BCUT2D eigenvalue weighted by atomic mass is 16.5. The van der Waals surface area contributed by atoms with Crippen LogP contribution >= 0.6 is 0 Å². The van der Waals surface area contributed by atoms with Crippen LogP contribution in [-0.4, -0.2) is 29.2 Å². The molecule has 4 heteroatoms. The number of nitrogens with one attached hydrogen (secondary N) is 1. The molecule has 1 aromatic rings. The van der Waals surface area contributed by atoms with Gasteiger partial charge in [0.2, 0.25) is 0 Å². The van der Waals surface area contributed by atoms with Gasteiger partial charge >= 0.3 is 0 Å². The van der Waals surface area contributed by atoms with Gasteiger partial charge in [-0.05, 0) is 38.6 Å². The average Bonchev–Trinajstić information content (AvgIpc) is 2.78. The van der Waals surface area contributed by atoms with Crippen molar-refractivity contribution in [3.63, 3.8) is 0 Å². The molecule has 0 amide bonds. The Hall–Kier alpha value is -1.16. The lowest BCUT2D eigenvalue weighted by Gasteiger charge is -2.21. The highest BCUT2D eigenvalue weighted by Gasteiger charge is 2.18. The van der Waals surface area contributed by atoms with Gasteiger partial charge in [0.25, 0.3) is 0 Å². The molecule has 4 nitrogen and oxygen atoms in total. The molecule has 1 atom stereocenters. The Bertz CT molecular complexity index is 393. The van der Waals surface area contributed by atoms with Gasteiger partial charge in [-0.3, -0.25) is 0 Å². The van der Waals surface area contributed by atoms with Crippen molar-refractivity contribution in [1.82, 2.24) is 15.3 Å². The Morgan fingerprint density at radius 3 is 2.50 bits per heavy atom. The molecule has 0 radical (unpaired) electrons. The zero-order chi connectivity index (χ0) is 13.6. The summed E-state index contributed by atoms with van der Waals surface area (Å²) in [5.41, 5.74) is 0. The third kappa shape index (κ3) is 3.69. The van der Waals surface area contributed by atoms with Crippen molar-refractivity contribution < 1.29 is 4.74 Å². The van der Waals surface area contributed by atoms with E-state index in [-0.39, 0.29) is 6.10 Å². The van der Waals surface area contributed by atoms with Crippen molar-refractivity contribution in [2.75, 3.05) is 13.1 Å². The highest BCUT2D eigenvalue weighted by Crippen LogP contribution is 2.30. The molecule has 20 heavy (non-hydrogen) atoms. The molecule has 1 N–H and O–H groups in total. The molecule has 1 aromatic heterocycles. The molecule has 2 heterocycles. The summed E-state index contributed by atoms with van der Waals surface area (Å²) >= 11 is 0. The van der Waals surface area contributed by atoms with E-state index in [1.807, 2.05) is 12.4 Å². The van der Waals surface area contributed by atoms with Gasteiger partial charge in [0.05, 0.1) is 12.4 Å². The number of rotatable bonds is 3. The Balaban J connectivity index is 1.57. The van der Waals surface area contributed by atoms with Crippen LogP contribution in [0.1, 0.15) is 63.1 Å². The van der Waals surface area contributed by atoms with E-state index in [1.165, 1.54) is 44.9 Å². The van der Waals surface area contributed by atoms with Gasteiger partial charge in [-0.15, -0.1) is 0 Å². The Morgan fingerprint density at radius 2 is 1.70 bits per heavy atom. The number of hydrogen-bond acceptors (Lipinski definition) is 4. The van der Waals surface area contributed by atoms with Gasteiger partial charge in [0, 0.05) is 12.5 Å². The highest BCUT2D eigenvalue weighted by molar-refractivity contribution is 5.14. The van der Waals surface area contributed by atoms with E-state index in [9.17, 15) is 0 Å². The summed E-state index contributed by atoms with van der Waals surface area (Å²) in [4.78, 5) is 9.07. The lowest BCUT2D eigenvalue weighted by atomic mass is 9.89. The Morgan fingerprint density at radius 1 is 0.950 bits per heavy atom. The minimum Gasteiger partial charge on any atom is -0.486 e. The topological polar surface area (TPSA) is 47.0 Å². The van der Waals surface area contributed by atoms with E-state index in [2.05, 4.69) is 15.3 Å². The van der Waals surface area contributed by atoms with Crippen LogP contribution in [-0.2, 0) is 0 Å². The van der Waals surface area contributed by atoms with Gasteiger partial charge in [-0.1, -0.05) is 19.3 Å². The molecule has 1 aliphatic heterocycles. The van der Waals surface area contributed by atoms with Gasteiger partial charge < -0.3 is 10.1 Å². The van der Waals surface area contributed by atoms with Crippen LogP contribution in [0.25, 0.3) is 0 Å². The summed E-state index contributed by atoms with van der Waals surface area (Å²) in [6.45, 7) is 2.04. The van der Waals surface area contributed by atoms with Crippen molar-refractivity contribution in [1.29, 1.82) is 0 Å². The van der Waals surface area contributed by atoms with Gasteiger partial charge in [0.15, 0.2) is 5.75 Å². The molecule has 1 unspecified atom stereocenters. The molecular weight excluding hydrogens is 250 g/mol. The van der Waals surface area contributed by atoms with Crippen molar-refractivity contribution >= 4 is 0 Å². The second kappa shape index (κ2) is 7.02. The minimum absolute atomic E-state index is 0.265. The second-order valence-electron chi connectivity index (χ2n) is 6.05. The van der Waals surface area contributed by atoms with Crippen molar-refractivity contribution in [3.8, 4) is 5.75 Å². The first-order chi connectivity index (χ1) is 9.92. The Labute approximate surface area is 121 Å². The SMILES string of the molecule is c1nc(C2CCCCC2)ncc1OC1CCCCNC1. The summed E-state index contributed by atoms with van der Waals surface area (Å²) < 4.78 is 5.99. The molecular formula is C16H25N3O. The lowest BCUT2D eigenvalue weighted by Crippen LogP contribution is -2.29. The van der Waals surface area contributed by atoms with Crippen molar-refractivity contribution in [3.05, 3.63) is 18.2 Å². The average molecular weight is 275 g/mol. The maximum atomic E-state index is 5.99. The zero-order valence-corrected chi connectivity index (χ0v) is 12.2. The minimum atomic E-state index is 0.265. The molecule has 2 fully saturated rings. The van der Waals surface area contributed by atoms with Crippen LogP contribution < -0.4 is 10.1 Å². The molecule has 3 rings (SSSR count).